The summed E-state index contributed by atoms with van der Waals surface area (Å²) in [6.07, 6.45) is 91.8. The van der Waals surface area contributed by atoms with Gasteiger partial charge in [-0.2, -0.15) is 0 Å². The van der Waals surface area contributed by atoms with Crippen LogP contribution in [0.5, 0.6) is 0 Å². The lowest BCUT2D eigenvalue weighted by atomic mass is 10.0. The van der Waals surface area contributed by atoms with Crippen LogP contribution in [0.4, 0.5) is 0 Å². The highest BCUT2D eigenvalue weighted by Gasteiger charge is 2.18. The Balaban J connectivity index is 3.34. The maximum absolute atomic E-state index is 12.5. The number of carbonyl (C=O) groups is 2. The Morgan fingerprint density at radius 3 is 0.819 bits per heavy atom. The number of esters is 1. The maximum Gasteiger partial charge on any atom is 0.305 e. The summed E-state index contributed by atoms with van der Waals surface area (Å²) in [6, 6.07) is -0.626. The normalized spacial score (nSPS) is 12.5. The molecule has 0 bridgehead atoms. The van der Waals surface area contributed by atoms with Crippen LogP contribution >= 0.6 is 0 Å². The Morgan fingerprint density at radius 2 is 0.554 bits per heavy atom. The summed E-state index contributed by atoms with van der Waals surface area (Å²) < 4.78 is 5.52. The minimum atomic E-state index is -0.843. The highest BCUT2D eigenvalue weighted by atomic mass is 16.5. The molecule has 0 saturated carbocycles. The first-order chi connectivity index (χ1) is 41.0. The van der Waals surface area contributed by atoms with Crippen molar-refractivity contribution in [2.75, 3.05) is 13.2 Å². The molecule has 0 aliphatic rings. The molecule has 0 aliphatic carbocycles. The Morgan fingerprint density at radius 1 is 0.325 bits per heavy atom. The second-order valence-electron chi connectivity index (χ2n) is 26.7. The van der Waals surface area contributed by atoms with Crippen LogP contribution in [0, 0.1) is 0 Å². The highest BCUT2D eigenvalue weighted by molar-refractivity contribution is 5.76. The second kappa shape index (κ2) is 73.1. The molecule has 6 nitrogen and oxygen atoms in total. The Kier molecular flexibility index (Phi) is 71.8. The summed E-state index contributed by atoms with van der Waals surface area (Å²) in [4.78, 5) is 24.7. The zero-order valence-electron chi connectivity index (χ0n) is 56.7. The zero-order chi connectivity index (χ0) is 59.9. The predicted octanol–water partition coefficient (Wildman–Crippen LogP) is 25.1. The maximum atomic E-state index is 12.5. The van der Waals surface area contributed by atoms with E-state index in [2.05, 4.69) is 19.2 Å². The number of aliphatic hydroxyl groups excluding tert-OH is 2. The van der Waals surface area contributed by atoms with Crippen LogP contribution in [-0.2, 0) is 14.3 Å². The molecule has 0 aromatic rings. The molecular weight excluding hydrogens is 1020 g/mol. The van der Waals surface area contributed by atoms with Gasteiger partial charge in [0.25, 0.3) is 0 Å². The zero-order valence-corrected chi connectivity index (χ0v) is 56.7. The number of ether oxygens (including phenoxy) is 1. The summed E-state index contributed by atoms with van der Waals surface area (Å²) in [6.45, 7) is 4.96. The van der Waals surface area contributed by atoms with Crippen molar-refractivity contribution in [1.82, 2.24) is 5.32 Å². The van der Waals surface area contributed by atoms with E-state index in [1.165, 1.54) is 379 Å². The summed E-state index contributed by atoms with van der Waals surface area (Å²) in [5, 5.41) is 23.3. The Hall–Kier alpha value is -1.40. The number of rotatable bonds is 73. The van der Waals surface area contributed by atoms with Crippen molar-refractivity contribution in [1.29, 1.82) is 0 Å². The van der Waals surface area contributed by atoms with Gasteiger partial charge in [-0.1, -0.05) is 411 Å². The standard InChI is InChI=1S/C77H151NO5/c1-3-5-7-9-11-13-15-17-19-21-23-34-37-41-45-49-53-57-61-65-69-75(80)74(73-79)78-76(81)70-66-62-58-54-50-46-42-38-35-32-30-28-26-24-25-27-29-31-33-36-40-44-48-52-56-60-64-68-72-83-77(82)71-67-63-59-55-51-47-43-39-22-20-18-16-14-12-10-8-6-4-2/h65,69,74-75,79-80H,3-64,66-68,70-73H2,1-2H3,(H,78,81)/b69-65+. The second-order valence-corrected chi connectivity index (χ2v) is 26.7. The van der Waals surface area contributed by atoms with Gasteiger partial charge < -0.3 is 20.3 Å². The number of hydrogen-bond acceptors (Lipinski definition) is 5. The first kappa shape index (κ1) is 81.6. The van der Waals surface area contributed by atoms with Crippen molar-refractivity contribution >= 4 is 11.9 Å². The monoisotopic (exact) mass is 1170 g/mol. The Bertz CT molecular complexity index is 1260. The molecule has 0 saturated heterocycles. The van der Waals surface area contributed by atoms with Crippen molar-refractivity contribution in [2.45, 2.75) is 456 Å². The molecule has 0 fully saturated rings. The lowest BCUT2D eigenvalue weighted by Gasteiger charge is -2.20. The van der Waals surface area contributed by atoms with Crippen molar-refractivity contribution < 1.29 is 24.5 Å². The summed E-state index contributed by atoms with van der Waals surface area (Å²) in [7, 11) is 0. The quantitative estimate of drug-likeness (QED) is 0.0320. The predicted molar refractivity (Wildman–Crippen MR) is 366 cm³/mol. The SMILES string of the molecule is CCCCCCCCCCCCCCCCCCCC/C=C/C(O)C(CO)NC(=O)CCCCCCCCCCCCCCCCCCCCCCCCCCCCCCOC(=O)CCCCCCCCCCCCCCCCCCCC. The molecule has 494 valence electrons. The first-order valence-corrected chi connectivity index (χ1v) is 38.5. The van der Waals surface area contributed by atoms with E-state index in [1.54, 1.807) is 6.08 Å². The third-order valence-electron chi connectivity index (χ3n) is 18.3. The van der Waals surface area contributed by atoms with Gasteiger partial charge in [-0.25, -0.2) is 0 Å². The molecule has 0 heterocycles. The molecule has 1 amide bonds. The van der Waals surface area contributed by atoms with Gasteiger partial charge >= 0.3 is 5.97 Å². The molecule has 0 aromatic heterocycles. The molecule has 83 heavy (non-hydrogen) atoms. The van der Waals surface area contributed by atoms with Gasteiger partial charge in [0.2, 0.25) is 5.91 Å². The third kappa shape index (κ3) is 69.6. The molecule has 2 unspecified atom stereocenters. The van der Waals surface area contributed by atoms with E-state index in [0.717, 1.165) is 38.5 Å². The first-order valence-electron chi connectivity index (χ1n) is 38.5. The van der Waals surface area contributed by atoms with Gasteiger partial charge in [0.05, 0.1) is 25.4 Å². The van der Waals surface area contributed by atoms with Gasteiger partial charge in [-0.05, 0) is 32.1 Å². The van der Waals surface area contributed by atoms with Gasteiger partial charge in [-0.3, -0.25) is 9.59 Å². The Labute approximate surface area is 520 Å². The van der Waals surface area contributed by atoms with Gasteiger partial charge in [0.1, 0.15) is 0 Å². The molecule has 0 rings (SSSR count). The van der Waals surface area contributed by atoms with Crippen LogP contribution in [-0.4, -0.2) is 47.4 Å². The molecule has 6 heteroatoms. The van der Waals surface area contributed by atoms with E-state index in [0.29, 0.717) is 19.4 Å². The lowest BCUT2D eigenvalue weighted by molar-refractivity contribution is -0.143. The summed E-state index contributed by atoms with van der Waals surface area (Å²) >= 11 is 0. The average molecular weight is 1170 g/mol. The van der Waals surface area contributed by atoms with Crippen LogP contribution in [0.3, 0.4) is 0 Å². The van der Waals surface area contributed by atoms with Crippen LogP contribution in [0.1, 0.15) is 444 Å². The van der Waals surface area contributed by atoms with Crippen molar-refractivity contribution in [3.8, 4) is 0 Å². The number of allylic oxidation sites excluding steroid dienone is 1. The van der Waals surface area contributed by atoms with E-state index >= 15 is 0 Å². The smallest absolute Gasteiger partial charge is 0.305 e. The molecular formula is C77H151NO5. The van der Waals surface area contributed by atoms with E-state index in [4.69, 9.17) is 4.74 Å². The van der Waals surface area contributed by atoms with Crippen molar-refractivity contribution in [2.24, 2.45) is 0 Å². The molecule has 0 aromatic carbocycles. The fourth-order valence-electron chi connectivity index (χ4n) is 12.5. The van der Waals surface area contributed by atoms with E-state index in [9.17, 15) is 19.8 Å². The number of hydrogen-bond donors (Lipinski definition) is 3. The van der Waals surface area contributed by atoms with Crippen LogP contribution < -0.4 is 5.32 Å². The molecule has 0 spiro atoms. The van der Waals surface area contributed by atoms with Gasteiger partial charge in [0, 0.05) is 12.8 Å². The third-order valence-corrected chi connectivity index (χ3v) is 18.3. The minimum Gasteiger partial charge on any atom is -0.466 e. The topological polar surface area (TPSA) is 95.9 Å². The molecule has 0 radical (unpaired) electrons. The summed E-state index contributed by atoms with van der Waals surface area (Å²) in [5.41, 5.74) is 0. The lowest BCUT2D eigenvalue weighted by Crippen LogP contribution is -2.45. The fourth-order valence-corrected chi connectivity index (χ4v) is 12.5. The largest absolute Gasteiger partial charge is 0.466 e. The fraction of sp³-hybridized carbons (Fsp3) is 0.948. The van der Waals surface area contributed by atoms with Crippen LogP contribution in [0.25, 0.3) is 0 Å². The molecule has 3 N–H and O–H groups in total. The number of aliphatic hydroxyl groups is 2. The van der Waals surface area contributed by atoms with E-state index in [1.807, 2.05) is 6.08 Å². The molecule has 0 aliphatic heterocycles. The minimum absolute atomic E-state index is 0.0241. The average Bonchev–Trinajstić information content (AvgIpc) is 3.49. The number of nitrogens with one attached hydrogen (secondary N) is 1. The van der Waals surface area contributed by atoms with Gasteiger partial charge in [0.15, 0.2) is 0 Å². The molecule has 2 atom stereocenters. The van der Waals surface area contributed by atoms with Crippen LogP contribution in [0.2, 0.25) is 0 Å². The van der Waals surface area contributed by atoms with Crippen LogP contribution in [0.15, 0.2) is 12.2 Å². The highest BCUT2D eigenvalue weighted by Crippen LogP contribution is 2.20. The van der Waals surface area contributed by atoms with E-state index < -0.39 is 12.1 Å². The number of unbranched alkanes of at least 4 members (excludes halogenated alkanes) is 62. The van der Waals surface area contributed by atoms with Crippen molar-refractivity contribution in [3.63, 3.8) is 0 Å². The van der Waals surface area contributed by atoms with Crippen molar-refractivity contribution in [3.05, 3.63) is 12.2 Å². The van der Waals surface area contributed by atoms with E-state index in [-0.39, 0.29) is 18.5 Å². The number of carbonyl (C=O) groups excluding carboxylic acids is 2. The summed E-state index contributed by atoms with van der Waals surface area (Å²) in [5.74, 6) is -0.0358. The van der Waals surface area contributed by atoms with Gasteiger partial charge in [-0.15, -0.1) is 0 Å². The number of amides is 1.